The van der Waals surface area contributed by atoms with Crippen LogP contribution < -0.4 is 15.6 Å². The minimum Gasteiger partial charge on any atom is -0.378 e. The summed E-state index contributed by atoms with van der Waals surface area (Å²) in [6, 6.07) is 7.81. The van der Waals surface area contributed by atoms with Crippen LogP contribution in [0.4, 0.5) is 17.2 Å². The van der Waals surface area contributed by atoms with E-state index in [0.717, 1.165) is 61.4 Å². The van der Waals surface area contributed by atoms with E-state index in [2.05, 4.69) is 53.7 Å². The van der Waals surface area contributed by atoms with Gasteiger partial charge in [0.1, 0.15) is 5.82 Å². The first-order chi connectivity index (χ1) is 18.5. The number of pyridine rings is 2. The fraction of sp³-hybridized carbons (Fsp3) is 0.321. The number of likely N-dealkylation sites (N-methyl/N-ethyl adjacent to an activating group) is 1. The monoisotopic (exact) mass is 514 g/mol. The first-order valence-corrected chi connectivity index (χ1v) is 12.8. The van der Waals surface area contributed by atoms with Gasteiger partial charge in [0.15, 0.2) is 0 Å². The van der Waals surface area contributed by atoms with Crippen LogP contribution in [0.2, 0.25) is 0 Å². The van der Waals surface area contributed by atoms with Crippen LogP contribution >= 0.6 is 0 Å². The summed E-state index contributed by atoms with van der Waals surface area (Å²) in [5, 5.41) is 5.06. The minimum absolute atomic E-state index is 0.163. The van der Waals surface area contributed by atoms with Crippen molar-refractivity contribution in [2.24, 2.45) is 0 Å². The first kappa shape index (κ1) is 25.7. The number of aromatic nitrogens is 2. The van der Waals surface area contributed by atoms with Gasteiger partial charge in [-0.1, -0.05) is 12.2 Å². The lowest BCUT2D eigenvalue weighted by Crippen LogP contribution is -2.44. The molecule has 5 heterocycles. The van der Waals surface area contributed by atoms with E-state index >= 15 is 0 Å². The first-order valence-electron chi connectivity index (χ1n) is 12.8. The summed E-state index contributed by atoms with van der Waals surface area (Å²) in [5.41, 5.74) is 7.98. The summed E-state index contributed by atoms with van der Waals surface area (Å²) in [6.07, 6.45) is 15.3. The highest BCUT2D eigenvalue weighted by Crippen LogP contribution is 2.30. The molecule has 0 unspecified atom stereocenters. The largest absolute Gasteiger partial charge is 0.378 e. The number of ether oxygens (including phenoxy) is 1. The highest BCUT2D eigenvalue weighted by Gasteiger charge is 2.24. The number of allylic oxidation sites excluding steroid dienone is 3. The second-order valence-corrected chi connectivity index (χ2v) is 9.53. The topological polar surface area (TPSA) is 89.1 Å². The molecule has 0 aromatic carbocycles. The van der Waals surface area contributed by atoms with Crippen LogP contribution in [0.1, 0.15) is 5.69 Å². The molecule has 0 bridgehead atoms. The number of rotatable bonds is 8. The van der Waals surface area contributed by atoms with Gasteiger partial charge < -0.3 is 30.2 Å². The van der Waals surface area contributed by atoms with E-state index in [1.807, 2.05) is 55.6 Å². The van der Waals surface area contributed by atoms with Crippen LogP contribution in [0.5, 0.6) is 0 Å². The zero-order valence-electron chi connectivity index (χ0n) is 21.9. The van der Waals surface area contributed by atoms with Crippen molar-refractivity contribution in [3.8, 4) is 0 Å². The summed E-state index contributed by atoms with van der Waals surface area (Å²) < 4.78 is 5.44. The summed E-state index contributed by atoms with van der Waals surface area (Å²) in [5.74, 6) is 0.806. The fourth-order valence-corrected chi connectivity index (χ4v) is 4.45. The van der Waals surface area contributed by atoms with Gasteiger partial charge in [0.05, 0.1) is 43.2 Å². The van der Waals surface area contributed by atoms with Gasteiger partial charge in [-0.2, -0.15) is 5.01 Å². The summed E-state index contributed by atoms with van der Waals surface area (Å²) in [6.45, 7) is 5.28. The number of nitrogens with zero attached hydrogens (tertiary/aromatic N) is 6. The SMILES string of the molecule is CN(C)C/C=C/C(=O)Nc1ccnc(C2=CC=CC3=CCN(Nc4ccc(N5CCOCC5)nc4)CN32)c1. The number of hydrogen-bond donors (Lipinski definition) is 2. The van der Waals surface area contributed by atoms with Gasteiger partial charge in [0.25, 0.3) is 0 Å². The molecule has 38 heavy (non-hydrogen) atoms. The van der Waals surface area contributed by atoms with Crippen LogP contribution in [0.15, 0.2) is 78.8 Å². The molecule has 1 amide bonds. The number of fused-ring (bicyclic) bond motifs is 1. The Morgan fingerprint density at radius 2 is 2.03 bits per heavy atom. The van der Waals surface area contributed by atoms with Crippen molar-refractivity contribution in [2.45, 2.75) is 0 Å². The van der Waals surface area contributed by atoms with Crippen molar-refractivity contribution >= 4 is 28.8 Å². The van der Waals surface area contributed by atoms with E-state index in [1.54, 1.807) is 18.3 Å². The summed E-state index contributed by atoms with van der Waals surface area (Å²) in [7, 11) is 3.92. The molecule has 3 aliphatic rings. The van der Waals surface area contributed by atoms with Gasteiger partial charge in [0, 0.05) is 49.8 Å². The van der Waals surface area contributed by atoms with E-state index in [4.69, 9.17) is 4.74 Å². The molecule has 1 saturated heterocycles. The van der Waals surface area contributed by atoms with Crippen molar-refractivity contribution in [2.75, 3.05) is 75.8 Å². The number of anilines is 3. The number of hydrazine groups is 1. The van der Waals surface area contributed by atoms with E-state index in [1.165, 1.54) is 0 Å². The molecule has 1 fully saturated rings. The Morgan fingerprint density at radius 1 is 1.16 bits per heavy atom. The molecule has 0 radical (unpaired) electrons. The molecule has 10 nitrogen and oxygen atoms in total. The Labute approximate surface area is 223 Å². The van der Waals surface area contributed by atoms with Gasteiger partial charge >= 0.3 is 0 Å². The molecule has 5 rings (SSSR count). The van der Waals surface area contributed by atoms with E-state index in [0.29, 0.717) is 18.9 Å². The Bertz CT molecular complexity index is 1250. The number of nitrogens with one attached hydrogen (secondary N) is 2. The number of carbonyl (C=O) groups excluding carboxylic acids is 1. The average Bonchev–Trinajstić information content (AvgIpc) is 2.93. The number of amides is 1. The molecule has 3 aliphatic heterocycles. The maximum Gasteiger partial charge on any atom is 0.248 e. The Hall–Kier alpha value is -3.99. The zero-order chi connectivity index (χ0) is 26.3. The third-order valence-corrected chi connectivity index (χ3v) is 6.36. The van der Waals surface area contributed by atoms with Gasteiger partial charge in [-0.15, -0.1) is 0 Å². The molecular weight excluding hydrogens is 480 g/mol. The molecular formula is C28H34N8O2. The molecule has 0 saturated carbocycles. The molecule has 0 aliphatic carbocycles. The predicted octanol–water partition coefficient (Wildman–Crippen LogP) is 2.77. The Balaban J connectivity index is 1.24. The third-order valence-electron chi connectivity index (χ3n) is 6.36. The fourth-order valence-electron chi connectivity index (χ4n) is 4.45. The number of carbonyl (C=O) groups is 1. The Morgan fingerprint density at radius 3 is 2.82 bits per heavy atom. The van der Waals surface area contributed by atoms with Gasteiger partial charge in [-0.3, -0.25) is 9.78 Å². The number of hydrogen-bond acceptors (Lipinski definition) is 9. The average molecular weight is 515 g/mol. The van der Waals surface area contributed by atoms with Crippen LogP contribution in [0.3, 0.4) is 0 Å². The molecule has 2 aromatic rings. The zero-order valence-corrected chi connectivity index (χ0v) is 21.9. The van der Waals surface area contributed by atoms with E-state index in [9.17, 15) is 4.79 Å². The molecule has 10 heteroatoms. The summed E-state index contributed by atoms with van der Waals surface area (Å²) in [4.78, 5) is 28.0. The van der Waals surface area contributed by atoms with Crippen LogP contribution in [0, 0.1) is 0 Å². The van der Waals surface area contributed by atoms with E-state index < -0.39 is 0 Å². The third kappa shape index (κ3) is 6.46. The normalized spacial score (nSPS) is 17.9. The van der Waals surface area contributed by atoms with Crippen molar-refractivity contribution < 1.29 is 9.53 Å². The van der Waals surface area contributed by atoms with Crippen molar-refractivity contribution in [3.63, 3.8) is 0 Å². The highest BCUT2D eigenvalue weighted by atomic mass is 16.5. The lowest BCUT2D eigenvalue weighted by molar-refractivity contribution is -0.111. The van der Waals surface area contributed by atoms with Crippen molar-refractivity contribution in [1.29, 1.82) is 0 Å². The van der Waals surface area contributed by atoms with Gasteiger partial charge in [-0.25, -0.2) is 4.98 Å². The quantitative estimate of drug-likeness (QED) is 0.516. The predicted molar refractivity (Wildman–Crippen MR) is 150 cm³/mol. The standard InChI is InChI=1S/C28H34N8O2/c1-33(2)13-4-7-28(37)31-22-10-12-29-25(19-22)26-6-3-5-24-11-14-35(21-36(24)26)32-23-8-9-27(30-20-23)34-15-17-38-18-16-34/h3-12,19-20,32H,13-18,21H2,1-2H3,(H,29,31,37)/b7-4+. The number of morpholine rings is 1. The second kappa shape index (κ2) is 12.0. The molecule has 0 spiro atoms. The van der Waals surface area contributed by atoms with Gasteiger partial charge in [-0.05, 0) is 56.6 Å². The minimum atomic E-state index is -0.163. The maximum absolute atomic E-state index is 12.3. The smallest absolute Gasteiger partial charge is 0.248 e. The van der Waals surface area contributed by atoms with Crippen molar-refractivity contribution in [1.82, 2.24) is 24.8 Å². The molecule has 2 aromatic heterocycles. The molecule has 0 atom stereocenters. The van der Waals surface area contributed by atoms with Crippen LogP contribution in [-0.2, 0) is 9.53 Å². The Kier molecular flexibility index (Phi) is 8.12. The maximum atomic E-state index is 12.3. The summed E-state index contributed by atoms with van der Waals surface area (Å²) >= 11 is 0. The molecule has 2 N–H and O–H groups in total. The van der Waals surface area contributed by atoms with Crippen LogP contribution in [-0.4, -0.2) is 90.8 Å². The lowest BCUT2D eigenvalue weighted by Gasteiger charge is -2.39. The van der Waals surface area contributed by atoms with E-state index in [-0.39, 0.29) is 5.91 Å². The van der Waals surface area contributed by atoms with Crippen molar-refractivity contribution in [3.05, 3.63) is 84.5 Å². The second-order valence-electron chi connectivity index (χ2n) is 9.53. The van der Waals surface area contributed by atoms with Gasteiger partial charge in [0.2, 0.25) is 5.91 Å². The highest BCUT2D eigenvalue weighted by molar-refractivity contribution is 5.99. The lowest BCUT2D eigenvalue weighted by atomic mass is 10.1. The van der Waals surface area contributed by atoms with Crippen LogP contribution in [0.25, 0.3) is 5.70 Å². The molecule has 198 valence electrons.